The van der Waals surface area contributed by atoms with Crippen molar-refractivity contribution in [2.24, 2.45) is 5.92 Å². The second-order valence-electron chi connectivity index (χ2n) is 7.75. The van der Waals surface area contributed by atoms with Crippen LogP contribution in [0.5, 0.6) is 5.75 Å². The highest BCUT2D eigenvalue weighted by Gasteiger charge is 2.34. The Hall–Kier alpha value is -3.59. The van der Waals surface area contributed by atoms with Gasteiger partial charge in [0.1, 0.15) is 10.8 Å². The normalized spacial score (nSPS) is 12.9. The lowest BCUT2D eigenvalue weighted by atomic mass is 10.1. The molecule has 0 unspecified atom stereocenters. The number of hydrogen-bond acceptors (Lipinski definition) is 7. The molecule has 0 fully saturated rings. The van der Waals surface area contributed by atoms with Crippen LogP contribution in [-0.2, 0) is 6.42 Å². The highest BCUT2D eigenvalue weighted by atomic mass is 32.1. The van der Waals surface area contributed by atoms with E-state index in [0.29, 0.717) is 51.5 Å². The van der Waals surface area contributed by atoms with Crippen molar-refractivity contribution < 1.29 is 19.1 Å². The number of nitrogens with zero attached hydrogens (tertiary/aromatic N) is 3. The van der Waals surface area contributed by atoms with Crippen LogP contribution in [0, 0.1) is 5.92 Å². The molecule has 1 aliphatic rings. The van der Waals surface area contributed by atoms with Gasteiger partial charge >= 0.3 is 0 Å². The van der Waals surface area contributed by atoms with Gasteiger partial charge in [-0.15, -0.1) is 10.2 Å². The lowest BCUT2D eigenvalue weighted by molar-refractivity contribution is 0.0655. The van der Waals surface area contributed by atoms with Gasteiger partial charge in [-0.3, -0.25) is 24.6 Å². The number of hydrogen-bond donors (Lipinski definition) is 1. The molecule has 0 atom stereocenters. The Morgan fingerprint density at radius 1 is 1.06 bits per heavy atom. The number of rotatable bonds is 8. The van der Waals surface area contributed by atoms with E-state index < -0.39 is 0 Å². The van der Waals surface area contributed by atoms with E-state index in [4.69, 9.17) is 4.74 Å². The third-order valence-electron chi connectivity index (χ3n) is 4.79. The van der Waals surface area contributed by atoms with Gasteiger partial charge in [0.2, 0.25) is 5.13 Å². The number of nitrogens with one attached hydrogen (secondary N) is 1. The predicted molar refractivity (Wildman–Crippen MR) is 120 cm³/mol. The molecule has 164 valence electrons. The minimum atomic E-state index is -0.317. The minimum absolute atomic E-state index is 0.199. The van der Waals surface area contributed by atoms with Crippen LogP contribution in [-0.4, -0.2) is 46.0 Å². The first kappa shape index (κ1) is 21.6. The van der Waals surface area contributed by atoms with Gasteiger partial charge < -0.3 is 4.74 Å². The average Bonchev–Trinajstić information content (AvgIpc) is 3.33. The Morgan fingerprint density at radius 2 is 1.78 bits per heavy atom. The quantitative estimate of drug-likeness (QED) is 0.526. The summed E-state index contributed by atoms with van der Waals surface area (Å²) in [6, 6.07) is 13.7. The van der Waals surface area contributed by atoms with Crippen molar-refractivity contribution in [2.75, 3.05) is 18.5 Å². The third-order valence-corrected chi connectivity index (χ3v) is 5.69. The van der Waals surface area contributed by atoms with Crippen molar-refractivity contribution >= 4 is 34.2 Å². The number of ether oxygens (including phenoxy) is 1. The lowest BCUT2D eigenvalue weighted by Gasteiger charge is -2.12. The van der Waals surface area contributed by atoms with E-state index in [2.05, 4.69) is 29.4 Å². The van der Waals surface area contributed by atoms with Crippen molar-refractivity contribution in [1.29, 1.82) is 0 Å². The first-order chi connectivity index (χ1) is 15.4. The van der Waals surface area contributed by atoms with Crippen LogP contribution < -0.4 is 10.1 Å². The van der Waals surface area contributed by atoms with E-state index in [1.54, 1.807) is 48.5 Å². The fourth-order valence-electron chi connectivity index (χ4n) is 3.21. The molecule has 2 heterocycles. The van der Waals surface area contributed by atoms with Crippen LogP contribution in [0.3, 0.4) is 0 Å². The molecule has 8 nitrogen and oxygen atoms in total. The van der Waals surface area contributed by atoms with E-state index in [9.17, 15) is 14.4 Å². The molecular formula is C23H22N4O4S. The second kappa shape index (κ2) is 9.27. The largest absolute Gasteiger partial charge is 0.493 e. The first-order valence-electron chi connectivity index (χ1n) is 10.2. The molecular weight excluding hydrogens is 428 g/mol. The van der Waals surface area contributed by atoms with Crippen LogP contribution in [0.25, 0.3) is 0 Å². The minimum Gasteiger partial charge on any atom is -0.493 e. The van der Waals surface area contributed by atoms with Gasteiger partial charge in [0, 0.05) is 18.5 Å². The molecule has 0 radical (unpaired) electrons. The number of anilines is 1. The van der Waals surface area contributed by atoms with Crippen LogP contribution in [0.2, 0.25) is 0 Å². The summed E-state index contributed by atoms with van der Waals surface area (Å²) in [5.74, 6) is 0.0901. The first-order valence-corrected chi connectivity index (χ1v) is 11.1. The molecule has 3 aromatic rings. The maximum Gasteiger partial charge on any atom is 0.261 e. The van der Waals surface area contributed by atoms with Crippen LogP contribution >= 0.6 is 11.3 Å². The van der Waals surface area contributed by atoms with Gasteiger partial charge in [0.05, 0.1) is 17.7 Å². The van der Waals surface area contributed by atoms with E-state index >= 15 is 0 Å². The number of aromatic nitrogens is 2. The van der Waals surface area contributed by atoms with Gasteiger partial charge in [0.25, 0.3) is 17.7 Å². The monoisotopic (exact) mass is 450 g/mol. The Kier molecular flexibility index (Phi) is 6.27. The van der Waals surface area contributed by atoms with Gasteiger partial charge in [-0.1, -0.05) is 43.4 Å². The highest BCUT2D eigenvalue weighted by Crippen LogP contribution is 2.24. The van der Waals surface area contributed by atoms with Crippen molar-refractivity contribution in [3.05, 3.63) is 70.2 Å². The molecule has 1 aromatic heterocycles. The summed E-state index contributed by atoms with van der Waals surface area (Å²) in [5, 5.41) is 11.8. The molecule has 0 saturated carbocycles. The van der Waals surface area contributed by atoms with Crippen molar-refractivity contribution in [1.82, 2.24) is 15.1 Å². The Morgan fingerprint density at radius 3 is 2.47 bits per heavy atom. The number of carbonyl (C=O) groups excluding carboxylic acids is 3. The Balaban J connectivity index is 1.35. The number of carbonyl (C=O) groups is 3. The molecule has 1 N–H and O–H groups in total. The fraction of sp³-hybridized carbons (Fsp3) is 0.261. The van der Waals surface area contributed by atoms with Gasteiger partial charge in [-0.05, 0) is 36.2 Å². The van der Waals surface area contributed by atoms with Crippen LogP contribution in [0.15, 0.2) is 48.5 Å². The van der Waals surface area contributed by atoms with E-state index in [1.807, 2.05) is 0 Å². The van der Waals surface area contributed by atoms with Crippen molar-refractivity contribution in [3.63, 3.8) is 0 Å². The fourth-order valence-corrected chi connectivity index (χ4v) is 3.94. The Bertz CT molecular complexity index is 1140. The summed E-state index contributed by atoms with van der Waals surface area (Å²) in [6.45, 7) is 4.87. The smallest absolute Gasteiger partial charge is 0.261 e. The molecule has 2 aromatic carbocycles. The van der Waals surface area contributed by atoms with Gasteiger partial charge in [-0.25, -0.2) is 0 Å². The molecule has 0 saturated heterocycles. The van der Waals surface area contributed by atoms with Crippen molar-refractivity contribution in [2.45, 2.75) is 20.3 Å². The molecule has 0 bridgehead atoms. The van der Waals surface area contributed by atoms with E-state index in [0.717, 1.165) is 0 Å². The zero-order valence-electron chi connectivity index (χ0n) is 17.7. The van der Waals surface area contributed by atoms with Crippen LogP contribution in [0.1, 0.15) is 49.9 Å². The van der Waals surface area contributed by atoms with E-state index in [1.165, 1.54) is 16.2 Å². The zero-order chi connectivity index (χ0) is 22.7. The average molecular weight is 451 g/mol. The maximum atomic E-state index is 12.6. The third kappa shape index (κ3) is 4.67. The molecule has 9 heteroatoms. The molecule has 4 rings (SSSR count). The molecule has 3 amide bonds. The van der Waals surface area contributed by atoms with Crippen molar-refractivity contribution in [3.8, 4) is 5.75 Å². The van der Waals surface area contributed by atoms with E-state index in [-0.39, 0.29) is 24.3 Å². The summed E-state index contributed by atoms with van der Waals surface area (Å²) >= 11 is 1.21. The van der Waals surface area contributed by atoms with Crippen LogP contribution in [0.4, 0.5) is 5.13 Å². The maximum absolute atomic E-state index is 12.6. The number of benzene rings is 2. The number of amides is 3. The Labute approximate surface area is 189 Å². The number of fused-ring (bicyclic) bond motifs is 1. The van der Waals surface area contributed by atoms with Gasteiger partial charge in [0.15, 0.2) is 0 Å². The summed E-state index contributed by atoms with van der Waals surface area (Å²) in [5.41, 5.74) is 1.29. The summed E-state index contributed by atoms with van der Waals surface area (Å²) in [4.78, 5) is 38.7. The highest BCUT2D eigenvalue weighted by molar-refractivity contribution is 7.15. The van der Waals surface area contributed by atoms with Gasteiger partial charge in [-0.2, -0.15) is 0 Å². The zero-order valence-corrected chi connectivity index (χ0v) is 18.5. The molecule has 0 spiro atoms. The summed E-state index contributed by atoms with van der Waals surface area (Å²) in [7, 11) is 0. The topological polar surface area (TPSA) is 101 Å². The second-order valence-corrected chi connectivity index (χ2v) is 8.81. The SMILES string of the molecule is CC(C)COc1cccc(C(=O)Nc2nnc(CCN3C(=O)c4ccccc4C3=O)s2)c1. The lowest BCUT2D eigenvalue weighted by Crippen LogP contribution is -2.31. The summed E-state index contributed by atoms with van der Waals surface area (Å²) in [6.07, 6.45) is 0.359. The number of imide groups is 1. The molecule has 1 aliphatic heterocycles. The standard InChI is InChI=1S/C23H22N4O4S/c1-14(2)13-31-16-7-5-6-15(12-16)20(28)24-23-26-25-19(32-23)10-11-27-21(29)17-8-3-4-9-18(17)22(27)30/h3-9,12,14H,10-11,13H2,1-2H3,(H,24,26,28). The summed E-state index contributed by atoms with van der Waals surface area (Å²) < 4.78 is 5.67. The molecule has 32 heavy (non-hydrogen) atoms. The molecule has 0 aliphatic carbocycles. The predicted octanol–water partition coefficient (Wildman–Crippen LogP) is 3.66.